The minimum atomic E-state index is -0.109. The van der Waals surface area contributed by atoms with E-state index in [2.05, 4.69) is 5.32 Å². The van der Waals surface area contributed by atoms with Gasteiger partial charge in [-0.05, 0) is 18.9 Å². The summed E-state index contributed by atoms with van der Waals surface area (Å²) in [5, 5.41) is 2.97. The van der Waals surface area contributed by atoms with E-state index in [4.69, 9.17) is 4.42 Å². The molecule has 2 amide bonds. The highest BCUT2D eigenvalue weighted by atomic mass is 16.3. The van der Waals surface area contributed by atoms with Crippen molar-refractivity contribution < 1.29 is 14.0 Å². The molecular formula is C14H20N2O3. The first kappa shape index (κ1) is 13.6. The molecule has 1 saturated heterocycles. The Balaban J connectivity index is 1.81. The molecule has 2 heterocycles. The maximum absolute atomic E-state index is 11.8. The minimum absolute atomic E-state index is 0.0390. The van der Waals surface area contributed by atoms with Crippen LogP contribution in [0, 0.1) is 5.92 Å². The molecule has 0 aromatic carbocycles. The van der Waals surface area contributed by atoms with Crippen molar-refractivity contribution in [2.45, 2.75) is 32.7 Å². The van der Waals surface area contributed by atoms with Crippen molar-refractivity contribution in [3.63, 3.8) is 0 Å². The summed E-state index contributed by atoms with van der Waals surface area (Å²) in [5.41, 5.74) is 0.542. The average molecular weight is 264 g/mol. The highest BCUT2D eigenvalue weighted by Crippen LogP contribution is 2.14. The minimum Gasteiger partial charge on any atom is -0.472 e. The van der Waals surface area contributed by atoms with E-state index in [0.29, 0.717) is 18.7 Å². The molecule has 5 heteroatoms. The molecule has 2 rings (SSSR count). The Morgan fingerprint density at radius 2 is 2.05 bits per heavy atom. The van der Waals surface area contributed by atoms with Crippen LogP contribution in [0.15, 0.2) is 23.0 Å². The van der Waals surface area contributed by atoms with Crippen LogP contribution in [0.25, 0.3) is 0 Å². The van der Waals surface area contributed by atoms with Crippen molar-refractivity contribution in [2.75, 3.05) is 13.1 Å². The molecule has 1 aliphatic heterocycles. The second-order valence-electron chi connectivity index (χ2n) is 5.24. The van der Waals surface area contributed by atoms with Gasteiger partial charge in [0.25, 0.3) is 5.91 Å². The van der Waals surface area contributed by atoms with Gasteiger partial charge in [-0.2, -0.15) is 0 Å². The van der Waals surface area contributed by atoms with Crippen LogP contribution >= 0.6 is 0 Å². The first-order valence-electron chi connectivity index (χ1n) is 6.69. The van der Waals surface area contributed by atoms with Crippen LogP contribution in [0.1, 0.15) is 37.0 Å². The van der Waals surface area contributed by atoms with Gasteiger partial charge in [-0.1, -0.05) is 13.8 Å². The summed E-state index contributed by atoms with van der Waals surface area (Å²) in [6.45, 7) is 5.25. The monoisotopic (exact) mass is 264 g/mol. The number of hydrogen-bond donors (Lipinski definition) is 1. The van der Waals surface area contributed by atoms with Gasteiger partial charge in [0.15, 0.2) is 0 Å². The number of nitrogens with zero attached hydrogens (tertiary/aromatic N) is 1. The lowest BCUT2D eigenvalue weighted by Gasteiger charge is -2.33. The Labute approximate surface area is 113 Å². The summed E-state index contributed by atoms with van der Waals surface area (Å²) in [4.78, 5) is 25.6. The highest BCUT2D eigenvalue weighted by Gasteiger charge is 2.25. The van der Waals surface area contributed by atoms with Gasteiger partial charge in [-0.15, -0.1) is 0 Å². The number of amides is 2. The number of piperidine rings is 1. The van der Waals surface area contributed by atoms with Crippen LogP contribution in [0.3, 0.4) is 0 Å². The topological polar surface area (TPSA) is 62.6 Å². The van der Waals surface area contributed by atoms with Crippen molar-refractivity contribution in [3.05, 3.63) is 24.2 Å². The van der Waals surface area contributed by atoms with Gasteiger partial charge in [0.1, 0.15) is 6.26 Å². The summed E-state index contributed by atoms with van der Waals surface area (Å²) in [6.07, 6.45) is 4.54. The third-order valence-electron chi connectivity index (χ3n) is 3.42. The van der Waals surface area contributed by atoms with Crippen LogP contribution in [0.2, 0.25) is 0 Å². The molecule has 0 atom stereocenters. The number of rotatable bonds is 3. The fourth-order valence-corrected chi connectivity index (χ4v) is 2.27. The number of nitrogens with one attached hydrogen (secondary N) is 1. The number of furan rings is 1. The fourth-order valence-electron chi connectivity index (χ4n) is 2.27. The lowest BCUT2D eigenvalue weighted by Crippen LogP contribution is -2.47. The van der Waals surface area contributed by atoms with Crippen LogP contribution in [0.4, 0.5) is 0 Å². The summed E-state index contributed by atoms with van der Waals surface area (Å²) in [6, 6.07) is 1.78. The van der Waals surface area contributed by atoms with Crippen LogP contribution < -0.4 is 5.32 Å². The zero-order valence-corrected chi connectivity index (χ0v) is 11.4. The van der Waals surface area contributed by atoms with E-state index in [1.54, 1.807) is 6.07 Å². The standard InChI is InChI=1S/C14H20N2O3/c1-10(2)14(18)16-6-3-12(4-7-16)15-13(17)11-5-8-19-9-11/h5,8-10,12H,3-4,6-7H2,1-2H3,(H,15,17). The smallest absolute Gasteiger partial charge is 0.254 e. The molecular weight excluding hydrogens is 244 g/mol. The molecule has 0 radical (unpaired) electrons. The molecule has 0 saturated carbocycles. The van der Waals surface area contributed by atoms with E-state index >= 15 is 0 Å². The zero-order valence-electron chi connectivity index (χ0n) is 11.4. The molecule has 0 unspecified atom stereocenters. The van der Waals surface area contributed by atoms with E-state index in [1.165, 1.54) is 12.5 Å². The SMILES string of the molecule is CC(C)C(=O)N1CCC(NC(=O)c2ccoc2)CC1. The molecule has 1 fully saturated rings. The fraction of sp³-hybridized carbons (Fsp3) is 0.571. The second kappa shape index (κ2) is 5.91. The van der Waals surface area contributed by atoms with Crippen molar-refractivity contribution >= 4 is 11.8 Å². The largest absolute Gasteiger partial charge is 0.472 e. The second-order valence-corrected chi connectivity index (χ2v) is 5.24. The molecule has 104 valence electrons. The zero-order chi connectivity index (χ0) is 13.8. The van der Waals surface area contributed by atoms with E-state index in [9.17, 15) is 9.59 Å². The van der Waals surface area contributed by atoms with Gasteiger partial charge in [-0.25, -0.2) is 0 Å². The summed E-state index contributed by atoms with van der Waals surface area (Å²) in [7, 11) is 0. The predicted molar refractivity (Wildman–Crippen MR) is 70.6 cm³/mol. The molecule has 5 nitrogen and oxygen atoms in total. The van der Waals surface area contributed by atoms with E-state index in [-0.39, 0.29) is 23.8 Å². The van der Waals surface area contributed by atoms with Crippen LogP contribution in [-0.4, -0.2) is 35.8 Å². The molecule has 0 spiro atoms. The summed E-state index contributed by atoms with van der Waals surface area (Å²) >= 11 is 0. The van der Waals surface area contributed by atoms with Gasteiger partial charge in [0.2, 0.25) is 5.91 Å². The first-order valence-corrected chi connectivity index (χ1v) is 6.69. The summed E-state index contributed by atoms with van der Waals surface area (Å²) in [5.74, 6) is 0.124. The number of carbonyl (C=O) groups is 2. The average Bonchev–Trinajstić information content (AvgIpc) is 2.92. The quantitative estimate of drug-likeness (QED) is 0.903. The van der Waals surface area contributed by atoms with Crippen LogP contribution in [-0.2, 0) is 4.79 Å². The number of hydrogen-bond acceptors (Lipinski definition) is 3. The third-order valence-corrected chi connectivity index (χ3v) is 3.42. The van der Waals surface area contributed by atoms with Gasteiger partial charge >= 0.3 is 0 Å². The Bertz CT molecular complexity index is 432. The van der Waals surface area contributed by atoms with Crippen molar-refractivity contribution in [1.82, 2.24) is 10.2 Å². The Morgan fingerprint density at radius 3 is 2.58 bits per heavy atom. The van der Waals surface area contributed by atoms with Gasteiger partial charge in [0.05, 0.1) is 11.8 Å². The lowest BCUT2D eigenvalue weighted by atomic mass is 10.0. The van der Waals surface area contributed by atoms with Gasteiger partial charge in [-0.3, -0.25) is 9.59 Å². The first-order chi connectivity index (χ1) is 9.08. The molecule has 1 aliphatic rings. The molecule has 19 heavy (non-hydrogen) atoms. The molecule has 0 bridgehead atoms. The molecule has 1 aromatic rings. The third kappa shape index (κ3) is 3.36. The van der Waals surface area contributed by atoms with Crippen molar-refractivity contribution in [2.24, 2.45) is 5.92 Å². The van der Waals surface area contributed by atoms with Crippen molar-refractivity contribution in [1.29, 1.82) is 0 Å². The van der Waals surface area contributed by atoms with Crippen molar-refractivity contribution in [3.8, 4) is 0 Å². The van der Waals surface area contributed by atoms with Gasteiger partial charge in [0, 0.05) is 25.0 Å². The maximum atomic E-state index is 11.8. The maximum Gasteiger partial charge on any atom is 0.254 e. The molecule has 0 aliphatic carbocycles. The predicted octanol–water partition coefficient (Wildman–Crippen LogP) is 1.66. The Kier molecular flexibility index (Phi) is 4.24. The summed E-state index contributed by atoms with van der Waals surface area (Å²) < 4.78 is 4.89. The van der Waals surface area contributed by atoms with E-state index in [0.717, 1.165) is 12.8 Å². The molecule has 1 N–H and O–H groups in total. The van der Waals surface area contributed by atoms with E-state index in [1.807, 2.05) is 18.7 Å². The number of likely N-dealkylation sites (tertiary alicyclic amines) is 1. The van der Waals surface area contributed by atoms with Crippen LogP contribution in [0.5, 0.6) is 0 Å². The highest BCUT2D eigenvalue weighted by molar-refractivity contribution is 5.93. The Hall–Kier alpha value is -1.78. The lowest BCUT2D eigenvalue weighted by molar-refractivity contribution is -0.135. The van der Waals surface area contributed by atoms with E-state index < -0.39 is 0 Å². The molecule has 1 aromatic heterocycles. The Morgan fingerprint density at radius 1 is 1.37 bits per heavy atom. The van der Waals surface area contributed by atoms with Gasteiger partial charge < -0.3 is 14.6 Å². The number of carbonyl (C=O) groups excluding carboxylic acids is 2. The normalized spacial score (nSPS) is 16.7.